The van der Waals surface area contributed by atoms with Crippen molar-refractivity contribution in [3.05, 3.63) is 108 Å². The van der Waals surface area contributed by atoms with Gasteiger partial charge in [0.25, 0.3) is 0 Å². The molecule has 0 saturated heterocycles. The third kappa shape index (κ3) is 6.90. The normalized spacial score (nSPS) is 11.6. The summed E-state index contributed by atoms with van der Waals surface area (Å²) < 4.78 is 2.32. The molecule has 0 N–H and O–H groups in total. The first-order chi connectivity index (χ1) is 13.4. The van der Waals surface area contributed by atoms with Crippen LogP contribution in [-0.2, 0) is 4.84 Å². The maximum atomic E-state index is 5.64. The molecule has 0 aliphatic heterocycles. The minimum absolute atomic E-state index is 0.121. The Bertz CT molecular complexity index is 845. The van der Waals surface area contributed by atoms with Gasteiger partial charge in [0.1, 0.15) is 0 Å². The zero-order valence-corrected chi connectivity index (χ0v) is 16.9. The molecule has 136 valence electrons. The molecular formula is C24H23NOSe. The van der Waals surface area contributed by atoms with Crippen LogP contribution in [0.1, 0.15) is 24.0 Å². The summed E-state index contributed by atoms with van der Waals surface area (Å²) in [6.07, 6.45) is 6.27. The van der Waals surface area contributed by atoms with E-state index in [0.717, 1.165) is 23.0 Å². The van der Waals surface area contributed by atoms with E-state index in [-0.39, 0.29) is 15.0 Å². The van der Waals surface area contributed by atoms with Gasteiger partial charge in [-0.1, -0.05) is 0 Å². The number of allylic oxidation sites excluding steroid dienone is 1. The topological polar surface area (TPSA) is 21.6 Å². The Hall–Kier alpha value is -2.61. The van der Waals surface area contributed by atoms with E-state index in [0.29, 0.717) is 6.61 Å². The zero-order chi connectivity index (χ0) is 18.6. The number of hydrogen-bond acceptors (Lipinski definition) is 2. The predicted octanol–water partition coefficient (Wildman–Crippen LogP) is 4.89. The van der Waals surface area contributed by atoms with Crippen LogP contribution in [0.15, 0.2) is 102 Å². The van der Waals surface area contributed by atoms with Gasteiger partial charge < -0.3 is 0 Å². The number of nitrogens with zero attached hydrogens (tertiary/aromatic N) is 1. The molecule has 0 saturated carbocycles. The molecule has 0 atom stereocenters. The van der Waals surface area contributed by atoms with Gasteiger partial charge in [-0.15, -0.1) is 0 Å². The van der Waals surface area contributed by atoms with Crippen LogP contribution in [0.4, 0.5) is 0 Å². The second-order valence-corrected chi connectivity index (χ2v) is 8.19. The Morgan fingerprint density at radius 3 is 2.15 bits per heavy atom. The van der Waals surface area contributed by atoms with Gasteiger partial charge in [-0.25, -0.2) is 0 Å². The molecule has 0 amide bonds. The van der Waals surface area contributed by atoms with Crippen molar-refractivity contribution in [1.29, 1.82) is 0 Å². The zero-order valence-electron chi connectivity index (χ0n) is 15.2. The number of unbranched alkanes of at least 4 members (excludes halogenated alkanes) is 1. The van der Waals surface area contributed by atoms with E-state index in [1.165, 1.54) is 10.0 Å². The summed E-state index contributed by atoms with van der Waals surface area (Å²) in [5.74, 6) is 0. The third-order valence-corrected chi connectivity index (χ3v) is 5.96. The Morgan fingerprint density at radius 1 is 0.815 bits per heavy atom. The fourth-order valence-corrected chi connectivity index (χ4v) is 4.27. The molecule has 0 fully saturated rings. The van der Waals surface area contributed by atoms with Crippen LogP contribution >= 0.6 is 0 Å². The van der Waals surface area contributed by atoms with Gasteiger partial charge in [-0.2, -0.15) is 0 Å². The maximum absolute atomic E-state index is 5.64. The number of oxime groups is 1. The first-order valence-electron chi connectivity index (χ1n) is 9.12. The molecule has 0 heterocycles. The van der Waals surface area contributed by atoms with Crippen LogP contribution < -0.4 is 4.46 Å². The van der Waals surface area contributed by atoms with Gasteiger partial charge in [-0.3, -0.25) is 0 Å². The SMILES string of the molecule is C(=C\c1ccccc1)/CCCO/N=C(/[Se]c1ccccc1)c1ccccc1. The van der Waals surface area contributed by atoms with E-state index in [4.69, 9.17) is 4.84 Å². The molecule has 3 heteroatoms. The average Bonchev–Trinajstić information content (AvgIpc) is 2.74. The minimum atomic E-state index is 0.121. The summed E-state index contributed by atoms with van der Waals surface area (Å²) in [6, 6.07) is 31.1. The molecule has 3 rings (SSSR count). The summed E-state index contributed by atoms with van der Waals surface area (Å²) in [5, 5.41) is 4.47. The Kier molecular flexibility index (Phi) is 7.93. The van der Waals surface area contributed by atoms with E-state index in [1.807, 2.05) is 30.3 Å². The van der Waals surface area contributed by atoms with Crippen LogP contribution in [0.25, 0.3) is 6.08 Å². The van der Waals surface area contributed by atoms with Crippen LogP contribution in [0.3, 0.4) is 0 Å². The fraction of sp³-hybridized carbons (Fsp3) is 0.125. The second kappa shape index (κ2) is 11.2. The summed E-state index contributed by atoms with van der Waals surface area (Å²) in [5.41, 5.74) is 2.36. The Morgan fingerprint density at radius 2 is 1.44 bits per heavy atom. The van der Waals surface area contributed by atoms with Crippen molar-refractivity contribution in [3.8, 4) is 0 Å². The molecule has 0 radical (unpaired) electrons. The summed E-state index contributed by atoms with van der Waals surface area (Å²) in [7, 11) is 0. The van der Waals surface area contributed by atoms with E-state index < -0.39 is 0 Å². The molecule has 27 heavy (non-hydrogen) atoms. The van der Waals surface area contributed by atoms with E-state index in [9.17, 15) is 0 Å². The molecule has 0 spiro atoms. The van der Waals surface area contributed by atoms with Gasteiger partial charge in [0.15, 0.2) is 0 Å². The van der Waals surface area contributed by atoms with Gasteiger partial charge >= 0.3 is 168 Å². The number of hydrogen-bond donors (Lipinski definition) is 0. The summed E-state index contributed by atoms with van der Waals surface area (Å²) in [4.78, 5) is 5.64. The average molecular weight is 420 g/mol. The molecule has 3 aromatic carbocycles. The molecule has 0 bridgehead atoms. The van der Waals surface area contributed by atoms with E-state index >= 15 is 0 Å². The number of rotatable bonds is 9. The Balaban J connectivity index is 1.52. The van der Waals surface area contributed by atoms with E-state index in [1.54, 1.807) is 0 Å². The fourth-order valence-electron chi connectivity index (χ4n) is 2.46. The van der Waals surface area contributed by atoms with Crippen LogP contribution in [0, 0.1) is 0 Å². The first kappa shape index (κ1) is 19.2. The van der Waals surface area contributed by atoms with Gasteiger partial charge in [0.2, 0.25) is 0 Å². The first-order valence-corrected chi connectivity index (χ1v) is 10.8. The monoisotopic (exact) mass is 421 g/mol. The molecule has 0 unspecified atom stereocenters. The molecule has 2 nitrogen and oxygen atoms in total. The second-order valence-electron chi connectivity index (χ2n) is 5.97. The van der Waals surface area contributed by atoms with Crippen LogP contribution in [-0.4, -0.2) is 26.2 Å². The van der Waals surface area contributed by atoms with Crippen molar-refractivity contribution in [2.75, 3.05) is 6.61 Å². The van der Waals surface area contributed by atoms with Crippen molar-refractivity contribution in [3.63, 3.8) is 0 Å². The van der Waals surface area contributed by atoms with Crippen molar-refractivity contribution in [2.24, 2.45) is 5.16 Å². The quantitative estimate of drug-likeness (QED) is 0.209. The van der Waals surface area contributed by atoms with E-state index in [2.05, 4.69) is 78.0 Å². The molecule has 0 aliphatic rings. The van der Waals surface area contributed by atoms with Crippen LogP contribution in [0.2, 0.25) is 0 Å². The molecule has 3 aromatic rings. The van der Waals surface area contributed by atoms with Crippen molar-refractivity contribution < 1.29 is 4.84 Å². The van der Waals surface area contributed by atoms with Crippen molar-refractivity contribution in [2.45, 2.75) is 12.8 Å². The Labute approximate surface area is 167 Å². The standard InChI is InChI=1S/C24H23NOSe/c1-5-13-21(14-6-1)15-7-4-12-20-26-25-24(22-16-8-2-9-17-22)27-23-18-10-3-11-19-23/h1-3,5-11,13-19H,4,12,20H2/b15-7+,25-24+. The number of benzene rings is 3. The van der Waals surface area contributed by atoms with Crippen molar-refractivity contribution >= 4 is 30.1 Å². The van der Waals surface area contributed by atoms with Gasteiger partial charge in [-0.05, 0) is 0 Å². The molecule has 0 aromatic heterocycles. The van der Waals surface area contributed by atoms with Gasteiger partial charge in [0.05, 0.1) is 0 Å². The van der Waals surface area contributed by atoms with Gasteiger partial charge in [0, 0.05) is 0 Å². The van der Waals surface area contributed by atoms with Crippen LogP contribution in [0.5, 0.6) is 0 Å². The summed E-state index contributed by atoms with van der Waals surface area (Å²) >= 11 is 0.121. The predicted molar refractivity (Wildman–Crippen MR) is 115 cm³/mol. The molecule has 0 aliphatic carbocycles. The summed E-state index contributed by atoms with van der Waals surface area (Å²) in [6.45, 7) is 0.625. The third-order valence-electron chi connectivity index (χ3n) is 3.84. The van der Waals surface area contributed by atoms with Crippen molar-refractivity contribution in [1.82, 2.24) is 0 Å². The molecular weight excluding hydrogens is 397 g/mol.